The number of sulfonamides is 1. The molecule has 0 atom stereocenters. The fraction of sp³-hybridized carbons (Fsp3) is 0.118. The fourth-order valence-electron chi connectivity index (χ4n) is 2.96. The first-order valence-corrected chi connectivity index (χ1v) is 9.90. The first-order chi connectivity index (χ1) is 13.2. The zero-order valence-electron chi connectivity index (χ0n) is 14.7. The molecule has 3 aromatic heterocycles. The maximum atomic E-state index is 12.7. The lowest BCUT2D eigenvalue weighted by Crippen LogP contribution is -2.30. The number of carbonyl (C=O) groups excluding carboxylic acids is 1. The molecule has 4 aromatic rings. The first kappa shape index (κ1) is 18.3. The van der Waals surface area contributed by atoms with Gasteiger partial charge in [-0.05, 0) is 30.3 Å². The molecule has 1 amide bonds. The highest BCUT2D eigenvalue weighted by Gasteiger charge is 2.22. The molecule has 28 heavy (non-hydrogen) atoms. The minimum atomic E-state index is -4.16. The summed E-state index contributed by atoms with van der Waals surface area (Å²) >= 11 is 5.90. The van der Waals surface area contributed by atoms with E-state index in [9.17, 15) is 18.0 Å². The number of nitrogens with one attached hydrogen (secondary N) is 1. The number of rotatable bonds is 3. The molecule has 0 saturated heterocycles. The van der Waals surface area contributed by atoms with Gasteiger partial charge in [0.15, 0.2) is 0 Å². The molecule has 4 rings (SSSR count). The number of carbonyl (C=O) groups is 1. The molecule has 0 bridgehead atoms. The van der Waals surface area contributed by atoms with Crippen LogP contribution in [0.4, 0.5) is 0 Å². The maximum absolute atomic E-state index is 12.7. The van der Waals surface area contributed by atoms with Gasteiger partial charge >= 0.3 is 5.69 Å². The number of fused-ring (bicyclic) bond motifs is 2. The van der Waals surface area contributed by atoms with Crippen molar-refractivity contribution in [1.29, 1.82) is 0 Å². The largest absolute Gasteiger partial charge is 0.328 e. The van der Waals surface area contributed by atoms with Gasteiger partial charge in [0, 0.05) is 26.5 Å². The van der Waals surface area contributed by atoms with Gasteiger partial charge in [-0.15, -0.1) is 0 Å². The number of imidazole rings is 2. The van der Waals surface area contributed by atoms with E-state index in [-0.39, 0.29) is 16.3 Å². The molecule has 3 heterocycles. The second kappa shape index (κ2) is 6.21. The Hall–Kier alpha value is -3.11. The molecule has 0 fully saturated rings. The number of nitrogens with zero attached hydrogens (tertiary/aromatic N) is 4. The van der Waals surface area contributed by atoms with Gasteiger partial charge < -0.3 is 4.40 Å². The number of aromatic nitrogens is 4. The van der Waals surface area contributed by atoms with Gasteiger partial charge in [0.2, 0.25) is 0 Å². The molecule has 0 saturated carbocycles. The quantitative estimate of drug-likeness (QED) is 0.538. The average Bonchev–Trinajstić information content (AvgIpc) is 3.16. The minimum Gasteiger partial charge on any atom is -0.305 e. The second-order valence-corrected chi connectivity index (χ2v) is 8.34. The Bertz CT molecular complexity index is 1430. The summed E-state index contributed by atoms with van der Waals surface area (Å²) < 4.78 is 31.6. The summed E-state index contributed by atoms with van der Waals surface area (Å²) in [5.41, 5.74) is 1.11. The summed E-state index contributed by atoms with van der Waals surface area (Å²) in [5, 5.41) is 0.450. The van der Waals surface area contributed by atoms with Crippen molar-refractivity contribution >= 4 is 44.2 Å². The van der Waals surface area contributed by atoms with Crippen molar-refractivity contribution in [3.05, 3.63) is 63.9 Å². The fourth-order valence-corrected chi connectivity index (χ4v) is 4.11. The number of halogens is 1. The summed E-state index contributed by atoms with van der Waals surface area (Å²) in [5.74, 6) is -0.873. The number of aryl methyl sites for hydroxylation is 2. The van der Waals surface area contributed by atoms with Crippen LogP contribution in [-0.4, -0.2) is 32.8 Å². The van der Waals surface area contributed by atoms with Gasteiger partial charge in [0.05, 0.1) is 21.0 Å². The zero-order valence-corrected chi connectivity index (χ0v) is 16.3. The molecule has 0 aliphatic rings. The van der Waals surface area contributed by atoms with Gasteiger partial charge in [-0.2, -0.15) is 0 Å². The van der Waals surface area contributed by atoms with Crippen LogP contribution in [-0.2, 0) is 24.1 Å². The van der Waals surface area contributed by atoms with E-state index in [1.165, 1.54) is 37.9 Å². The monoisotopic (exact) mass is 419 g/mol. The normalized spacial score (nSPS) is 12.0. The van der Waals surface area contributed by atoms with Gasteiger partial charge in [0.25, 0.3) is 15.9 Å². The summed E-state index contributed by atoms with van der Waals surface area (Å²) in [6.45, 7) is 0. The van der Waals surface area contributed by atoms with E-state index in [4.69, 9.17) is 11.6 Å². The molecule has 11 heteroatoms. The summed E-state index contributed by atoms with van der Waals surface area (Å²) in [6.07, 6.45) is 2.94. The van der Waals surface area contributed by atoms with Crippen LogP contribution in [0, 0.1) is 0 Å². The molecule has 1 aromatic carbocycles. The Balaban J connectivity index is 1.69. The SMILES string of the molecule is Cn1c(=O)n(C)c2cc(S(=O)(=O)NC(=O)c3cn4cc(Cl)ccc4n3)ccc21. The van der Waals surface area contributed by atoms with Crippen molar-refractivity contribution in [3.8, 4) is 0 Å². The van der Waals surface area contributed by atoms with Crippen LogP contribution in [0.3, 0.4) is 0 Å². The number of hydrogen-bond donors (Lipinski definition) is 1. The summed E-state index contributed by atoms with van der Waals surface area (Å²) in [4.78, 5) is 28.4. The molecular formula is C17H14ClN5O4S. The van der Waals surface area contributed by atoms with E-state index in [1.807, 2.05) is 4.72 Å². The Labute approximate surface area is 163 Å². The highest BCUT2D eigenvalue weighted by Crippen LogP contribution is 2.18. The molecule has 0 aliphatic heterocycles. The Kier molecular flexibility index (Phi) is 4.05. The molecule has 9 nitrogen and oxygen atoms in total. The van der Waals surface area contributed by atoms with Crippen LogP contribution in [0.15, 0.2) is 52.4 Å². The molecule has 0 spiro atoms. The van der Waals surface area contributed by atoms with E-state index in [0.717, 1.165) is 0 Å². The standard InChI is InChI=1S/C17H14ClN5O4S/c1-21-13-5-4-11(7-14(13)22(2)17(21)25)28(26,27)20-16(24)12-9-23-8-10(18)3-6-15(23)19-12/h3-9H,1-2H3,(H,20,24). The van der Waals surface area contributed by atoms with Gasteiger partial charge in [-0.25, -0.2) is 22.9 Å². The van der Waals surface area contributed by atoms with Crippen molar-refractivity contribution in [2.24, 2.45) is 14.1 Å². The smallest absolute Gasteiger partial charge is 0.305 e. The molecule has 0 radical (unpaired) electrons. The minimum absolute atomic E-state index is 0.0703. The summed E-state index contributed by atoms with van der Waals surface area (Å²) in [7, 11) is -1.03. The van der Waals surface area contributed by atoms with E-state index < -0.39 is 15.9 Å². The lowest BCUT2D eigenvalue weighted by Gasteiger charge is -2.06. The van der Waals surface area contributed by atoms with E-state index in [1.54, 1.807) is 32.4 Å². The number of hydrogen-bond acceptors (Lipinski definition) is 5. The van der Waals surface area contributed by atoms with Crippen LogP contribution in [0.25, 0.3) is 16.7 Å². The van der Waals surface area contributed by atoms with Crippen molar-refractivity contribution in [1.82, 2.24) is 23.2 Å². The third-order valence-corrected chi connectivity index (χ3v) is 5.98. The van der Waals surface area contributed by atoms with Crippen LogP contribution >= 0.6 is 11.6 Å². The second-order valence-electron chi connectivity index (χ2n) is 6.22. The molecule has 0 aliphatic carbocycles. The topological polar surface area (TPSA) is 107 Å². The molecular weight excluding hydrogens is 406 g/mol. The van der Waals surface area contributed by atoms with E-state index in [2.05, 4.69) is 4.98 Å². The van der Waals surface area contributed by atoms with Gasteiger partial charge in [-0.3, -0.25) is 13.9 Å². The third kappa shape index (κ3) is 2.86. The van der Waals surface area contributed by atoms with Gasteiger partial charge in [-0.1, -0.05) is 11.6 Å². The van der Waals surface area contributed by atoms with Crippen LogP contribution in [0.2, 0.25) is 5.02 Å². The Morgan fingerprint density at radius 2 is 1.79 bits per heavy atom. The van der Waals surface area contributed by atoms with Gasteiger partial charge in [0.1, 0.15) is 11.3 Å². The first-order valence-electron chi connectivity index (χ1n) is 8.04. The highest BCUT2D eigenvalue weighted by atomic mass is 35.5. The number of pyridine rings is 1. The molecule has 0 unspecified atom stereocenters. The Morgan fingerprint density at radius 3 is 2.54 bits per heavy atom. The average molecular weight is 420 g/mol. The number of amides is 1. The zero-order chi connectivity index (χ0) is 20.2. The number of benzene rings is 1. The summed E-state index contributed by atoms with van der Waals surface area (Å²) in [6, 6.07) is 7.42. The van der Waals surface area contributed by atoms with Crippen LogP contribution in [0.5, 0.6) is 0 Å². The predicted octanol–water partition coefficient (Wildman–Crippen LogP) is 1.30. The van der Waals surface area contributed by atoms with E-state index in [0.29, 0.717) is 21.7 Å². The lowest BCUT2D eigenvalue weighted by molar-refractivity contribution is 0.0977. The van der Waals surface area contributed by atoms with Crippen molar-refractivity contribution in [2.75, 3.05) is 0 Å². The lowest BCUT2D eigenvalue weighted by atomic mass is 10.3. The predicted molar refractivity (Wildman–Crippen MR) is 103 cm³/mol. The van der Waals surface area contributed by atoms with Crippen molar-refractivity contribution in [2.45, 2.75) is 4.90 Å². The van der Waals surface area contributed by atoms with Crippen molar-refractivity contribution < 1.29 is 13.2 Å². The molecule has 144 valence electrons. The highest BCUT2D eigenvalue weighted by molar-refractivity contribution is 7.90. The van der Waals surface area contributed by atoms with Crippen molar-refractivity contribution in [3.63, 3.8) is 0 Å². The Morgan fingerprint density at radius 1 is 1.07 bits per heavy atom. The maximum Gasteiger partial charge on any atom is 0.328 e. The van der Waals surface area contributed by atoms with Crippen LogP contribution < -0.4 is 10.4 Å². The van der Waals surface area contributed by atoms with E-state index >= 15 is 0 Å². The molecule has 1 N–H and O–H groups in total. The van der Waals surface area contributed by atoms with Crippen LogP contribution in [0.1, 0.15) is 10.5 Å². The third-order valence-electron chi connectivity index (χ3n) is 4.43.